The number of aromatic amines is 3. The number of ether oxygens (including phenoxy) is 1. The maximum absolute atomic E-state index is 11.6. The number of carbonyl (C=O) groups excluding carboxylic acids is 1. The van der Waals surface area contributed by atoms with Gasteiger partial charge in [-0.15, -0.1) is 0 Å². The summed E-state index contributed by atoms with van der Waals surface area (Å²) in [6, 6.07) is 0. The number of fused-ring (bicyclic) bond motifs is 2. The van der Waals surface area contributed by atoms with Gasteiger partial charge >= 0.3 is 29.6 Å². The third-order valence-corrected chi connectivity index (χ3v) is 5.01. The van der Waals surface area contributed by atoms with Crippen LogP contribution in [0.3, 0.4) is 0 Å². The van der Waals surface area contributed by atoms with E-state index >= 15 is 0 Å². The average Bonchev–Trinajstić information content (AvgIpc) is 3.48. The van der Waals surface area contributed by atoms with E-state index in [9.17, 15) is 30.0 Å². The zero-order valence-electron chi connectivity index (χ0n) is 16.8. The second-order valence-corrected chi connectivity index (χ2v) is 7.01. The molecule has 17 heteroatoms. The van der Waals surface area contributed by atoms with E-state index in [1.807, 2.05) is 0 Å². The molecule has 0 saturated carbocycles. The Morgan fingerprint density at radius 2 is 1.82 bits per heavy atom. The molecule has 1 aliphatic rings. The number of imidazole rings is 2. The molecule has 4 aromatic heterocycles. The summed E-state index contributed by atoms with van der Waals surface area (Å²) in [5.74, 6) is -1.85. The standard InChI is InChI=1S/C11H12N4O7.C5H4N4S.Na/c16-4-5(17)10(22-7(4)6(18)11(20)21)15-2-14-3-8(15)12-1-13-9(3)19;10-5-3-4(7-1-6-3)8-2-9-5;/h1-2,4-7,10,16-18H,(H,20,21)(H,12,13,19);1-2H,(H2,6,7,8,9,10);/q;;+1/p-1/t4-,5+,6?,7-,10+;;/m0../s1. The Hall–Kier alpha value is -2.57. The SMILES string of the molecule is O=C([O-])C(O)[C@H]1O[C@@H](n2cnc3c(=O)[nH]cnc32)[C@H](O)[C@@H]1O.S=c1nc[nH]c2nc[nH]c12.[Na+]. The first kappa shape index (κ1) is 25.1. The van der Waals surface area contributed by atoms with Gasteiger partial charge in [0.2, 0.25) is 0 Å². The van der Waals surface area contributed by atoms with Crippen molar-refractivity contribution in [1.29, 1.82) is 0 Å². The van der Waals surface area contributed by atoms with Crippen molar-refractivity contribution in [2.45, 2.75) is 30.6 Å². The van der Waals surface area contributed by atoms with Gasteiger partial charge < -0.3 is 44.9 Å². The van der Waals surface area contributed by atoms with E-state index in [2.05, 4.69) is 34.9 Å². The summed E-state index contributed by atoms with van der Waals surface area (Å²) in [5.41, 5.74) is 1.08. The van der Waals surface area contributed by atoms with E-state index in [4.69, 9.17) is 17.0 Å². The molecule has 0 radical (unpaired) electrons. The zero-order valence-corrected chi connectivity index (χ0v) is 19.6. The number of hydrogen-bond donors (Lipinski definition) is 6. The van der Waals surface area contributed by atoms with Crippen molar-refractivity contribution in [2.75, 3.05) is 0 Å². The summed E-state index contributed by atoms with van der Waals surface area (Å²) < 4.78 is 6.92. The summed E-state index contributed by atoms with van der Waals surface area (Å²) >= 11 is 4.91. The van der Waals surface area contributed by atoms with Crippen LogP contribution in [0, 0.1) is 4.64 Å². The van der Waals surface area contributed by atoms with Gasteiger partial charge in [0.1, 0.15) is 29.9 Å². The van der Waals surface area contributed by atoms with Crippen molar-refractivity contribution in [3.8, 4) is 0 Å². The Bertz CT molecular complexity index is 1390. The maximum Gasteiger partial charge on any atom is 1.00 e. The minimum Gasteiger partial charge on any atom is -0.547 e. The first-order valence-corrected chi connectivity index (χ1v) is 9.38. The van der Waals surface area contributed by atoms with E-state index < -0.39 is 42.2 Å². The molecule has 168 valence electrons. The molecule has 0 spiro atoms. The van der Waals surface area contributed by atoms with Crippen molar-refractivity contribution in [3.05, 3.63) is 40.3 Å². The Labute approximate surface area is 209 Å². The van der Waals surface area contributed by atoms with Gasteiger partial charge in [0, 0.05) is 0 Å². The first-order chi connectivity index (χ1) is 15.3. The molecule has 0 bridgehead atoms. The number of carboxylic acid groups (broad SMARTS) is 1. The van der Waals surface area contributed by atoms with Crippen LogP contribution in [-0.2, 0) is 9.53 Å². The number of aliphatic carboxylic acids is 1. The summed E-state index contributed by atoms with van der Waals surface area (Å²) in [5, 5.41) is 39.9. The van der Waals surface area contributed by atoms with Gasteiger partial charge in [-0.05, 0) is 0 Å². The van der Waals surface area contributed by atoms with Gasteiger partial charge in [0.15, 0.2) is 27.7 Å². The topological polar surface area (TPSA) is 231 Å². The molecule has 0 aromatic carbocycles. The monoisotopic (exact) mass is 486 g/mol. The molecule has 5 heterocycles. The fourth-order valence-electron chi connectivity index (χ4n) is 3.14. The van der Waals surface area contributed by atoms with Gasteiger partial charge in [0.05, 0.1) is 31.3 Å². The number of aromatic nitrogens is 8. The van der Waals surface area contributed by atoms with Crippen LogP contribution < -0.4 is 40.2 Å². The smallest absolute Gasteiger partial charge is 0.547 e. The van der Waals surface area contributed by atoms with Crippen LogP contribution in [0.15, 0.2) is 30.1 Å². The van der Waals surface area contributed by atoms with Gasteiger partial charge in [-0.2, -0.15) is 0 Å². The maximum atomic E-state index is 11.6. The molecule has 5 rings (SSSR count). The van der Waals surface area contributed by atoms with Crippen molar-refractivity contribution < 1.29 is 59.5 Å². The van der Waals surface area contributed by atoms with Crippen LogP contribution >= 0.6 is 12.2 Å². The molecule has 0 aliphatic carbocycles. The Kier molecular flexibility index (Phi) is 7.70. The van der Waals surface area contributed by atoms with Crippen molar-refractivity contribution in [2.24, 2.45) is 0 Å². The molecule has 1 aliphatic heterocycles. The van der Waals surface area contributed by atoms with Crippen LogP contribution in [0.25, 0.3) is 22.3 Å². The number of rotatable bonds is 3. The van der Waals surface area contributed by atoms with Crippen LogP contribution in [0.2, 0.25) is 0 Å². The first-order valence-electron chi connectivity index (χ1n) is 8.97. The number of carboxylic acids is 1. The minimum absolute atomic E-state index is 0. The molecular weight excluding hydrogens is 471 g/mol. The normalized spacial score (nSPS) is 23.0. The molecule has 1 fully saturated rings. The molecule has 1 unspecified atom stereocenters. The van der Waals surface area contributed by atoms with Crippen LogP contribution in [-0.4, -0.2) is 85.2 Å². The Balaban J connectivity index is 0.000000233. The van der Waals surface area contributed by atoms with Gasteiger partial charge in [-0.3, -0.25) is 9.36 Å². The Morgan fingerprint density at radius 3 is 2.52 bits per heavy atom. The number of aliphatic hydroxyl groups excluding tert-OH is 3. The molecule has 15 nitrogen and oxygen atoms in total. The predicted octanol–water partition coefficient (Wildman–Crippen LogP) is -6.13. The second-order valence-electron chi connectivity index (χ2n) is 6.63. The van der Waals surface area contributed by atoms with E-state index in [1.54, 1.807) is 6.33 Å². The third kappa shape index (κ3) is 4.73. The summed E-state index contributed by atoms with van der Waals surface area (Å²) in [7, 11) is 0. The summed E-state index contributed by atoms with van der Waals surface area (Å²) in [6.45, 7) is 0. The number of nitrogens with zero attached hydrogens (tertiary/aromatic N) is 5. The van der Waals surface area contributed by atoms with Gasteiger partial charge in [-0.1, -0.05) is 12.2 Å². The van der Waals surface area contributed by atoms with E-state index in [0.29, 0.717) is 4.64 Å². The molecular formula is C16H15N8NaO7S. The van der Waals surface area contributed by atoms with Gasteiger partial charge in [0.25, 0.3) is 5.56 Å². The average molecular weight is 486 g/mol. The molecule has 6 N–H and O–H groups in total. The van der Waals surface area contributed by atoms with Crippen LogP contribution in [0.1, 0.15) is 6.23 Å². The number of nitrogens with one attached hydrogen (secondary N) is 3. The number of aliphatic hydroxyl groups is 3. The molecule has 1 saturated heterocycles. The quantitative estimate of drug-likeness (QED) is 0.117. The van der Waals surface area contributed by atoms with Crippen molar-refractivity contribution in [1.82, 2.24) is 39.5 Å². The molecule has 4 aromatic rings. The fourth-order valence-corrected chi connectivity index (χ4v) is 3.35. The number of hydrogen-bond acceptors (Lipinski definition) is 12. The summed E-state index contributed by atoms with van der Waals surface area (Å²) in [6.07, 6.45) is -2.83. The van der Waals surface area contributed by atoms with E-state index in [1.165, 1.54) is 10.9 Å². The second kappa shape index (κ2) is 10.1. The van der Waals surface area contributed by atoms with E-state index in [-0.39, 0.29) is 40.7 Å². The number of carbonyl (C=O) groups is 1. The van der Waals surface area contributed by atoms with Crippen LogP contribution in [0.4, 0.5) is 0 Å². The zero-order chi connectivity index (χ0) is 23.0. The van der Waals surface area contributed by atoms with E-state index in [0.717, 1.165) is 23.8 Å². The minimum atomic E-state index is -2.12. The van der Waals surface area contributed by atoms with Gasteiger partial charge in [-0.25, -0.2) is 19.9 Å². The number of H-pyrrole nitrogens is 3. The van der Waals surface area contributed by atoms with Crippen LogP contribution in [0.5, 0.6) is 0 Å². The fraction of sp³-hybridized carbons (Fsp3) is 0.312. The predicted molar refractivity (Wildman–Crippen MR) is 104 cm³/mol. The molecule has 5 atom stereocenters. The molecule has 33 heavy (non-hydrogen) atoms. The van der Waals surface area contributed by atoms with Crippen molar-refractivity contribution >= 4 is 40.5 Å². The van der Waals surface area contributed by atoms with Crippen molar-refractivity contribution in [3.63, 3.8) is 0 Å². The Morgan fingerprint density at radius 1 is 1.12 bits per heavy atom. The largest absolute Gasteiger partial charge is 1.00 e. The summed E-state index contributed by atoms with van der Waals surface area (Å²) in [4.78, 5) is 45.8. The molecule has 0 amide bonds. The third-order valence-electron chi connectivity index (χ3n) is 4.70.